The molecule has 8 heteroatoms. The fourth-order valence-electron chi connectivity index (χ4n) is 2.55. The first-order valence-electron chi connectivity index (χ1n) is 8.26. The van der Waals surface area contributed by atoms with Crippen LogP contribution in [0.1, 0.15) is 18.5 Å². The molecule has 1 unspecified atom stereocenters. The van der Waals surface area contributed by atoms with Crippen molar-refractivity contribution in [2.75, 3.05) is 12.4 Å². The van der Waals surface area contributed by atoms with E-state index >= 15 is 0 Å². The third kappa shape index (κ3) is 4.47. The van der Waals surface area contributed by atoms with Gasteiger partial charge in [0.15, 0.2) is 0 Å². The van der Waals surface area contributed by atoms with E-state index < -0.39 is 10.0 Å². The normalized spacial score (nSPS) is 12.6. The molecule has 2 heterocycles. The van der Waals surface area contributed by atoms with Crippen molar-refractivity contribution in [1.29, 1.82) is 0 Å². The molecule has 0 aliphatic carbocycles. The lowest BCUT2D eigenvalue weighted by molar-refractivity contribution is 0.588. The summed E-state index contributed by atoms with van der Waals surface area (Å²) in [5.41, 5.74) is 2.34. The maximum Gasteiger partial charge on any atom is 0.241 e. The average Bonchev–Trinajstić information content (AvgIpc) is 2.69. The molecule has 0 bridgehead atoms. The molecule has 0 saturated heterocycles. The molecule has 140 valence electrons. The van der Waals surface area contributed by atoms with E-state index in [2.05, 4.69) is 20.0 Å². The van der Waals surface area contributed by atoms with Gasteiger partial charge in [-0.2, -0.15) is 0 Å². The van der Waals surface area contributed by atoms with Gasteiger partial charge in [0.25, 0.3) is 0 Å². The molecular weight excluding hydrogens is 367 g/mol. The quantitative estimate of drug-likeness (QED) is 0.679. The van der Waals surface area contributed by atoms with Gasteiger partial charge < -0.3 is 5.32 Å². The van der Waals surface area contributed by atoms with Crippen molar-refractivity contribution in [3.8, 4) is 11.1 Å². The van der Waals surface area contributed by atoms with E-state index in [4.69, 9.17) is 0 Å². The zero-order valence-corrected chi connectivity index (χ0v) is 15.7. The van der Waals surface area contributed by atoms with E-state index in [9.17, 15) is 12.8 Å². The summed E-state index contributed by atoms with van der Waals surface area (Å²) in [6.07, 6.45) is 4.52. The largest absolute Gasteiger partial charge is 0.364 e. The van der Waals surface area contributed by atoms with Gasteiger partial charge in [-0.25, -0.2) is 22.5 Å². The second-order valence-corrected chi connectivity index (χ2v) is 7.85. The van der Waals surface area contributed by atoms with Crippen LogP contribution in [0.4, 0.5) is 10.2 Å². The average molecular weight is 386 g/mol. The molecule has 0 aliphatic heterocycles. The lowest BCUT2D eigenvalue weighted by Gasteiger charge is -2.15. The van der Waals surface area contributed by atoms with Crippen LogP contribution in [0.25, 0.3) is 11.1 Å². The Labute approximate surface area is 157 Å². The monoisotopic (exact) mass is 386 g/mol. The van der Waals surface area contributed by atoms with Crippen molar-refractivity contribution in [1.82, 2.24) is 14.7 Å². The number of aromatic nitrogens is 2. The first kappa shape index (κ1) is 18.9. The van der Waals surface area contributed by atoms with E-state index in [1.165, 1.54) is 25.4 Å². The predicted molar refractivity (Wildman–Crippen MR) is 102 cm³/mol. The van der Waals surface area contributed by atoms with Gasteiger partial charge in [0, 0.05) is 35.8 Å². The molecule has 1 aromatic carbocycles. The molecule has 3 aromatic rings. The van der Waals surface area contributed by atoms with E-state index in [1.807, 2.05) is 13.0 Å². The summed E-state index contributed by atoms with van der Waals surface area (Å²) in [7, 11) is -2.20. The second kappa shape index (κ2) is 7.81. The van der Waals surface area contributed by atoms with Crippen LogP contribution >= 0.6 is 0 Å². The summed E-state index contributed by atoms with van der Waals surface area (Å²) in [5.74, 6) is 0.382. The Balaban J connectivity index is 1.77. The minimum absolute atomic E-state index is 0.0466. The van der Waals surface area contributed by atoms with Crippen molar-refractivity contribution in [3.05, 3.63) is 72.4 Å². The number of sulfonamides is 1. The molecule has 2 aromatic heterocycles. The molecule has 2 N–H and O–H groups in total. The van der Waals surface area contributed by atoms with Crippen LogP contribution in [0.3, 0.4) is 0 Å². The summed E-state index contributed by atoms with van der Waals surface area (Å²) in [6.45, 7) is 1.96. The third-order valence-corrected chi connectivity index (χ3v) is 5.50. The highest BCUT2D eigenvalue weighted by Gasteiger charge is 2.13. The van der Waals surface area contributed by atoms with Gasteiger partial charge in [-0.3, -0.25) is 4.98 Å². The fourth-order valence-corrected chi connectivity index (χ4v) is 3.27. The standard InChI is InChI=1S/C19H19FN4O2S/c1-13(14-3-6-17(20)7-4-14)24-19-8-5-15(11-23-19)16-9-18(12-22-10-16)27(25,26)21-2/h3-13,21H,1-2H3,(H,23,24). The molecule has 3 rings (SSSR count). The highest BCUT2D eigenvalue weighted by atomic mass is 32.2. The number of benzene rings is 1. The van der Waals surface area contributed by atoms with Crippen molar-refractivity contribution in [2.45, 2.75) is 17.9 Å². The fraction of sp³-hybridized carbons (Fsp3) is 0.158. The number of pyridine rings is 2. The molecular formula is C19H19FN4O2S. The number of rotatable bonds is 6. The highest BCUT2D eigenvalue weighted by molar-refractivity contribution is 7.89. The topological polar surface area (TPSA) is 84.0 Å². The van der Waals surface area contributed by atoms with Gasteiger partial charge >= 0.3 is 0 Å². The van der Waals surface area contributed by atoms with Crippen molar-refractivity contribution in [3.63, 3.8) is 0 Å². The Morgan fingerprint density at radius 1 is 1.00 bits per heavy atom. The van der Waals surface area contributed by atoms with Crippen LogP contribution in [0.5, 0.6) is 0 Å². The highest BCUT2D eigenvalue weighted by Crippen LogP contribution is 2.23. The van der Waals surface area contributed by atoms with Crippen LogP contribution in [0.15, 0.2) is 66.0 Å². The zero-order valence-electron chi connectivity index (χ0n) is 14.8. The van der Waals surface area contributed by atoms with Gasteiger partial charge in [-0.05, 0) is 49.9 Å². The van der Waals surface area contributed by atoms with E-state index in [0.29, 0.717) is 11.4 Å². The molecule has 0 aliphatic rings. The molecule has 0 amide bonds. The van der Waals surface area contributed by atoms with Gasteiger partial charge in [0.05, 0.1) is 0 Å². The summed E-state index contributed by atoms with van der Waals surface area (Å²) >= 11 is 0. The maximum atomic E-state index is 13.0. The number of nitrogens with zero attached hydrogens (tertiary/aromatic N) is 2. The van der Waals surface area contributed by atoms with Gasteiger partial charge in [0.2, 0.25) is 10.0 Å². The molecule has 1 atom stereocenters. The number of anilines is 1. The van der Waals surface area contributed by atoms with E-state index in [0.717, 1.165) is 11.1 Å². The minimum Gasteiger partial charge on any atom is -0.364 e. The zero-order chi connectivity index (χ0) is 19.4. The Kier molecular flexibility index (Phi) is 5.48. The van der Waals surface area contributed by atoms with Gasteiger partial charge in [-0.1, -0.05) is 12.1 Å². The number of nitrogens with one attached hydrogen (secondary N) is 2. The lowest BCUT2D eigenvalue weighted by atomic mass is 10.1. The first-order valence-corrected chi connectivity index (χ1v) is 9.74. The summed E-state index contributed by atoms with van der Waals surface area (Å²) in [6, 6.07) is 11.4. The van der Waals surface area contributed by atoms with Crippen molar-refractivity contribution < 1.29 is 12.8 Å². The summed E-state index contributed by atoms with van der Waals surface area (Å²) in [5, 5.41) is 3.25. The number of hydrogen-bond donors (Lipinski definition) is 2. The molecule has 0 spiro atoms. The molecule has 0 radical (unpaired) electrons. The Morgan fingerprint density at radius 2 is 1.74 bits per heavy atom. The summed E-state index contributed by atoms with van der Waals surface area (Å²) in [4.78, 5) is 8.46. The van der Waals surface area contributed by atoms with Crippen molar-refractivity contribution >= 4 is 15.8 Å². The Hall–Kier alpha value is -2.84. The van der Waals surface area contributed by atoms with E-state index in [-0.39, 0.29) is 16.8 Å². The summed E-state index contributed by atoms with van der Waals surface area (Å²) < 4.78 is 39.1. The molecule has 0 fully saturated rings. The molecule has 0 saturated carbocycles. The molecule has 27 heavy (non-hydrogen) atoms. The van der Waals surface area contributed by atoms with Crippen LogP contribution in [0, 0.1) is 5.82 Å². The smallest absolute Gasteiger partial charge is 0.241 e. The SMILES string of the molecule is CNS(=O)(=O)c1cncc(-c2ccc(NC(C)c3ccc(F)cc3)nc2)c1. The first-order chi connectivity index (χ1) is 12.9. The lowest BCUT2D eigenvalue weighted by Crippen LogP contribution is -2.18. The van der Waals surface area contributed by atoms with Crippen LogP contribution in [-0.2, 0) is 10.0 Å². The minimum atomic E-state index is -3.56. The third-order valence-electron chi connectivity index (χ3n) is 4.12. The van der Waals surface area contributed by atoms with Crippen LogP contribution in [-0.4, -0.2) is 25.4 Å². The van der Waals surface area contributed by atoms with Gasteiger partial charge in [-0.15, -0.1) is 0 Å². The Morgan fingerprint density at radius 3 is 2.37 bits per heavy atom. The van der Waals surface area contributed by atoms with Crippen LogP contribution < -0.4 is 10.0 Å². The number of hydrogen-bond acceptors (Lipinski definition) is 5. The molecule has 6 nitrogen and oxygen atoms in total. The van der Waals surface area contributed by atoms with Crippen LogP contribution in [0.2, 0.25) is 0 Å². The predicted octanol–water partition coefficient (Wildman–Crippen LogP) is 3.36. The Bertz CT molecular complexity index is 1020. The van der Waals surface area contributed by atoms with Gasteiger partial charge in [0.1, 0.15) is 16.5 Å². The van der Waals surface area contributed by atoms with E-state index in [1.54, 1.807) is 36.7 Å². The van der Waals surface area contributed by atoms with Crippen molar-refractivity contribution in [2.24, 2.45) is 0 Å². The second-order valence-electron chi connectivity index (χ2n) is 5.97. The maximum absolute atomic E-state index is 13.0. The number of halogens is 1.